The second-order valence-electron chi connectivity index (χ2n) is 8.66. The number of hydrogen-bond acceptors (Lipinski definition) is 9. The Morgan fingerprint density at radius 2 is 1.94 bits per heavy atom. The molecule has 0 bridgehead atoms. The molecule has 1 aliphatic heterocycles. The summed E-state index contributed by atoms with van der Waals surface area (Å²) in [5.41, 5.74) is 6.23. The van der Waals surface area contributed by atoms with Gasteiger partial charge in [-0.2, -0.15) is 33.4 Å². The van der Waals surface area contributed by atoms with Crippen LogP contribution in [0.5, 0.6) is 6.01 Å². The van der Waals surface area contributed by atoms with Crippen LogP contribution >= 0.6 is 0 Å². The van der Waals surface area contributed by atoms with Crippen LogP contribution in [0.3, 0.4) is 0 Å². The molecule has 2 aliphatic rings. The summed E-state index contributed by atoms with van der Waals surface area (Å²) in [5, 5.41) is 10.7. The monoisotopic (exact) mass is 504 g/mol. The van der Waals surface area contributed by atoms with Gasteiger partial charge in [-0.25, -0.2) is 4.98 Å². The standard InChI is InChI=1S/C22H23F3N8O3/c23-22(24,25)11-28-19(35)18-30-20(32-21(31-18)36-10-14-8-13(14)9-26)33-6-4-12(5-7-33)15-2-1-3-16(29-15)17(27)34/h1-3,12-14H,4-8,10-11H2,(H2,27,34)(H,28,35)/t13-,14+/m0/s1. The van der Waals surface area contributed by atoms with Crippen LogP contribution in [0.1, 0.15) is 52.0 Å². The Morgan fingerprint density at radius 3 is 2.58 bits per heavy atom. The van der Waals surface area contributed by atoms with Crippen molar-refractivity contribution in [2.24, 2.45) is 17.6 Å². The minimum Gasteiger partial charge on any atom is -0.463 e. The Balaban J connectivity index is 1.48. The van der Waals surface area contributed by atoms with Crippen LogP contribution < -0.4 is 20.7 Å². The van der Waals surface area contributed by atoms with Crippen molar-refractivity contribution in [3.8, 4) is 12.1 Å². The number of pyridine rings is 1. The molecule has 2 atom stereocenters. The van der Waals surface area contributed by atoms with Crippen LogP contribution in [0.2, 0.25) is 0 Å². The summed E-state index contributed by atoms with van der Waals surface area (Å²) in [6.07, 6.45) is -2.67. The number of nitrogens with one attached hydrogen (secondary N) is 1. The summed E-state index contributed by atoms with van der Waals surface area (Å²) in [7, 11) is 0. The first-order valence-corrected chi connectivity index (χ1v) is 11.3. The number of nitrogens with two attached hydrogens (primary N) is 1. The van der Waals surface area contributed by atoms with Gasteiger partial charge in [-0.3, -0.25) is 9.59 Å². The Labute approximate surface area is 203 Å². The van der Waals surface area contributed by atoms with E-state index in [1.54, 1.807) is 22.3 Å². The summed E-state index contributed by atoms with van der Waals surface area (Å²) < 4.78 is 43.2. The zero-order chi connectivity index (χ0) is 25.9. The third-order valence-corrected chi connectivity index (χ3v) is 5.99. The number of piperidine rings is 1. The number of ether oxygens (including phenoxy) is 1. The average molecular weight is 504 g/mol. The van der Waals surface area contributed by atoms with Crippen molar-refractivity contribution in [1.29, 1.82) is 5.26 Å². The molecule has 2 fully saturated rings. The molecule has 3 N–H and O–H groups in total. The van der Waals surface area contributed by atoms with E-state index in [0.717, 1.165) is 5.69 Å². The Morgan fingerprint density at radius 1 is 1.19 bits per heavy atom. The van der Waals surface area contributed by atoms with Gasteiger partial charge in [0.15, 0.2) is 0 Å². The normalized spacial score (nSPS) is 19.9. The van der Waals surface area contributed by atoms with Crippen LogP contribution in [0.15, 0.2) is 18.2 Å². The molecule has 14 heteroatoms. The summed E-state index contributed by atoms with van der Waals surface area (Å²) in [4.78, 5) is 42.1. The topological polar surface area (TPSA) is 160 Å². The van der Waals surface area contributed by atoms with Crippen molar-refractivity contribution in [2.75, 3.05) is 31.1 Å². The number of aromatic nitrogens is 4. The molecular formula is C22H23F3N8O3. The Kier molecular flexibility index (Phi) is 7.18. The molecule has 0 spiro atoms. The zero-order valence-corrected chi connectivity index (χ0v) is 19.0. The number of rotatable bonds is 8. The molecule has 1 saturated carbocycles. The third-order valence-electron chi connectivity index (χ3n) is 5.99. The van der Waals surface area contributed by atoms with E-state index in [1.165, 1.54) is 0 Å². The lowest BCUT2D eigenvalue weighted by atomic mass is 9.93. The molecule has 1 saturated heterocycles. The molecule has 36 heavy (non-hydrogen) atoms. The molecule has 2 amide bonds. The SMILES string of the molecule is N#C[C@@H]1C[C@@H]1COc1nc(C(=O)NCC(F)(F)F)nc(N2CCC(c3cccc(C(N)=O)n3)CC2)n1. The maximum atomic E-state index is 12.6. The molecule has 0 aromatic carbocycles. The summed E-state index contributed by atoms with van der Waals surface area (Å²) in [6, 6.07) is 7.01. The lowest BCUT2D eigenvalue weighted by Crippen LogP contribution is -2.37. The van der Waals surface area contributed by atoms with Gasteiger partial charge in [-0.15, -0.1) is 0 Å². The van der Waals surface area contributed by atoms with E-state index in [4.69, 9.17) is 15.7 Å². The minimum atomic E-state index is -4.59. The molecular weight excluding hydrogens is 481 g/mol. The highest BCUT2D eigenvalue weighted by molar-refractivity contribution is 5.91. The molecule has 2 aromatic heterocycles. The van der Waals surface area contributed by atoms with E-state index >= 15 is 0 Å². The van der Waals surface area contributed by atoms with Gasteiger partial charge in [0.05, 0.1) is 18.6 Å². The van der Waals surface area contributed by atoms with Gasteiger partial charge >= 0.3 is 12.2 Å². The fourth-order valence-electron chi connectivity index (χ4n) is 3.88. The van der Waals surface area contributed by atoms with Crippen molar-refractivity contribution < 1.29 is 27.5 Å². The molecule has 190 valence electrons. The van der Waals surface area contributed by atoms with Crippen molar-refractivity contribution >= 4 is 17.8 Å². The van der Waals surface area contributed by atoms with Gasteiger partial charge in [0.25, 0.3) is 11.8 Å². The second kappa shape index (κ2) is 10.3. The van der Waals surface area contributed by atoms with Crippen molar-refractivity contribution in [1.82, 2.24) is 25.3 Å². The van der Waals surface area contributed by atoms with Crippen LogP contribution in [0.25, 0.3) is 0 Å². The highest BCUT2D eigenvalue weighted by Crippen LogP contribution is 2.37. The summed E-state index contributed by atoms with van der Waals surface area (Å²) in [5.74, 6) is -2.18. The molecule has 0 unspecified atom stereocenters. The highest BCUT2D eigenvalue weighted by Gasteiger charge is 2.38. The Hall–Kier alpha value is -4.02. The van der Waals surface area contributed by atoms with E-state index in [1.807, 2.05) is 6.07 Å². The molecule has 1 aliphatic carbocycles. The van der Waals surface area contributed by atoms with Crippen molar-refractivity contribution in [3.63, 3.8) is 0 Å². The van der Waals surface area contributed by atoms with Crippen molar-refractivity contribution in [3.05, 3.63) is 35.4 Å². The third kappa shape index (κ3) is 6.35. The number of amides is 2. The lowest BCUT2D eigenvalue weighted by molar-refractivity contribution is -0.123. The van der Waals surface area contributed by atoms with Gasteiger partial charge < -0.3 is 20.7 Å². The minimum absolute atomic E-state index is 0.0112. The molecule has 4 rings (SSSR count). The molecule has 11 nitrogen and oxygen atoms in total. The number of carbonyl (C=O) groups excluding carboxylic acids is 2. The number of carbonyl (C=O) groups is 2. The molecule has 2 aromatic rings. The maximum absolute atomic E-state index is 12.6. The van der Waals surface area contributed by atoms with Crippen molar-refractivity contribution in [2.45, 2.75) is 31.4 Å². The van der Waals surface area contributed by atoms with Gasteiger partial charge in [0.1, 0.15) is 12.2 Å². The lowest BCUT2D eigenvalue weighted by Gasteiger charge is -2.31. The van der Waals surface area contributed by atoms with E-state index in [2.05, 4.69) is 26.0 Å². The van der Waals surface area contributed by atoms with Gasteiger partial charge in [-0.05, 0) is 31.4 Å². The van der Waals surface area contributed by atoms with E-state index < -0.39 is 30.4 Å². The average Bonchev–Trinajstić information content (AvgIpc) is 3.64. The van der Waals surface area contributed by atoms with Gasteiger partial charge in [0, 0.05) is 30.6 Å². The van der Waals surface area contributed by atoms with Gasteiger partial charge in [0.2, 0.25) is 11.8 Å². The van der Waals surface area contributed by atoms with Crippen LogP contribution in [-0.2, 0) is 0 Å². The van der Waals surface area contributed by atoms with E-state index in [0.29, 0.717) is 32.4 Å². The number of halogens is 3. The number of hydrogen-bond donors (Lipinski definition) is 2. The number of primary amides is 1. The summed E-state index contributed by atoms with van der Waals surface area (Å²) in [6.45, 7) is -0.467. The zero-order valence-electron chi connectivity index (χ0n) is 19.0. The quantitative estimate of drug-likeness (QED) is 0.544. The second-order valence-corrected chi connectivity index (χ2v) is 8.66. The van der Waals surface area contributed by atoms with Crippen LogP contribution in [0.4, 0.5) is 19.1 Å². The van der Waals surface area contributed by atoms with Crippen LogP contribution in [0, 0.1) is 23.2 Å². The first-order valence-electron chi connectivity index (χ1n) is 11.3. The van der Waals surface area contributed by atoms with E-state index in [-0.39, 0.29) is 42.0 Å². The fourth-order valence-corrected chi connectivity index (χ4v) is 3.88. The predicted molar refractivity (Wildman–Crippen MR) is 118 cm³/mol. The first-order chi connectivity index (χ1) is 17.1. The van der Waals surface area contributed by atoms with Crippen LogP contribution in [-0.4, -0.2) is 64.2 Å². The molecule has 0 radical (unpaired) electrons. The first kappa shape index (κ1) is 25.1. The number of nitrogens with zero attached hydrogens (tertiary/aromatic N) is 6. The van der Waals surface area contributed by atoms with E-state index in [9.17, 15) is 22.8 Å². The fraction of sp³-hybridized carbons (Fsp3) is 0.500. The smallest absolute Gasteiger partial charge is 0.405 e. The number of anilines is 1. The molecule has 3 heterocycles. The predicted octanol–water partition coefficient (Wildman–Crippen LogP) is 1.58. The summed E-state index contributed by atoms with van der Waals surface area (Å²) >= 11 is 0. The maximum Gasteiger partial charge on any atom is 0.405 e. The highest BCUT2D eigenvalue weighted by atomic mass is 19.4. The largest absolute Gasteiger partial charge is 0.463 e. The Bertz CT molecular complexity index is 1180. The number of nitriles is 1. The number of alkyl halides is 3. The van der Waals surface area contributed by atoms with Gasteiger partial charge in [-0.1, -0.05) is 6.07 Å².